The molecule has 1 aliphatic rings. The molecule has 0 radical (unpaired) electrons. The van der Waals surface area contributed by atoms with Gasteiger partial charge in [-0.3, -0.25) is 5.32 Å². The zero-order valence-corrected chi connectivity index (χ0v) is 28.1. The van der Waals surface area contributed by atoms with Crippen molar-refractivity contribution in [1.29, 1.82) is 0 Å². The van der Waals surface area contributed by atoms with Gasteiger partial charge in [0.25, 0.3) is 0 Å². The van der Waals surface area contributed by atoms with Crippen LogP contribution in [-0.2, 0) is 0 Å². The number of benzene rings is 7. The van der Waals surface area contributed by atoms with Crippen molar-refractivity contribution >= 4 is 81.2 Å². The van der Waals surface area contributed by atoms with Crippen LogP contribution in [0.25, 0.3) is 75.2 Å². The van der Waals surface area contributed by atoms with Crippen LogP contribution in [0, 0.1) is 0 Å². The van der Waals surface area contributed by atoms with Crippen molar-refractivity contribution < 1.29 is 8.83 Å². The highest BCUT2D eigenvalue weighted by Crippen LogP contribution is 2.40. The second-order valence-electron chi connectivity index (χ2n) is 13.2. The summed E-state index contributed by atoms with van der Waals surface area (Å²) in [6.45, 7) is 0. The van der Waals surface area contributed by atoms with Gasteiger partial charge in [-0.1, -0.05) is 109 Å². The van der Waals surface area contributed by atoms with Gasteiger partial charge in [-0.25, -0.2) is 4.99 Å². The molecule has 2 atom stereocenters. The van der Waals surface area contributed by atoms with E-state index in [9.17, 15) is 0 Å². The molecule has 0 spiro atoms. The smallest absolute Gasteiger partial charge is 0.146 e. The molecule has 0 saturated carbocycles. The Hall–Kier alpha value is -6.21. The van der Waals surface area contributed by atoms with E-state index < -0.39 is 0 Å². The lowest BCUT2D eigenvalue weighted by molar-refractivity contribution is 0.409. The maximum absolute atomic E-state index is 6.78. The van der Waals surface area contributed by atoms with E-state index in [1.165, 1.54) is 20.2 Å². The van der Waals surface area contributed by atoms with Crippen molar-refractivity contribution in [3.05, 3.63) is 168 Å². The molecule has 0 amide bonds. The first-order valence-corrected chi connectivity index (χ1v) is 18.0. The van der Waals surface area contributed by atoms with E-state index in [2.05, 4.69) is 144 Å². The second-order valence-corrected chi connectivity index (χ2v) is 14.2. The lowest BCUT2D eigenvalue weighted by Crippen LogP contribution is -2.45. The fourth-order valence-corrected chi connectivity index (χ4v) is 8.81. The molecule has 2 N–H and O–H groups in total. The molecule has 0 fully saturated rings. The van der Waals surface area contributed by atoms with Crippen LogP contribution in [0.15, 0.2) is 165 Å². The number of aliphatic imine (C=N–C) groups is 1. The first-order valence-electron chi connectivity index (χ1n) is 17.2. The molecule has 242 valence electrons. The number of thiophene rings is 1. The average molecular weight is 676 g/mol. The van der Waals surface area contributed by atoms with Crippen LogP contribution < -0.4 is 10.6 Å². The predicted octanol–water partition coefficient (Wildman–Crippen LogP) is 11.9. The third kappa shape index (κ3) is 4.54. The van der Waals surface area contributed by atoms with E-state index in [4.69, 9.17) is 13.8 Å². The molecule has 51 heavy (non-hydrogen) atoms. The summed E-state index contributed by atoms with van der Waals surface area (Å²) in [6, 6.07) is 53.2. The highest BCUT2D eigenvalue weighted by Gasteiger charge is 2.28. The van der Waals surface area contributed by atoms with Gasteiger partial charge in [0.15, 0.2) is 0 Å². The van der Waals surface area contributed by atoms with Crippen molar-refractivity contribution in [2.75, 3.05) is 0 Å². The Morgan fingerprint density at radius 3 is 2.06 bits per heavy atom. The average Bonchev–Trinajstić information content (AvgIpc) is 3.88. The molecule has 4 heterocycles. The molecule has 3 aromatic heterocycles. The van der Waals surface area contributed by atoms with Crippen LogP contribution >= 0.6 is 11.3 Å². The molecule has 7 aromatic carbocycles. The second kappa shape index (κ2) is 11.2. The largest absolute Gasteiger partial charge is 0.455 e. The van der Waals surface area contributed by atoms with Crippen molar-refractivity contribution in [1.82, 2.24) is 10.6 Å². The number of hydrogen-bond donors (Lipinski definition) is 2. The standard InChI is InChI=1S/C45H29N3O2S/c1-2-10-26(11-3-1)43-46-44(28-21-23-40-36(24-28)32-13-5-7-19-39(32)51-40)48-45(47-43)35-17-9-16-34-31-22-20-27(25-38(31)50-42(34)35)29-14-8-15-33-30-12-4-6-18-37(30)49-41(29)33/h1-25,43-44,46H,(H,47,48). The molecular formula is C45H29N3O2S. The Morgan fingerprint density at radius 2 is 1.18 bits per heavy atom. The normalized spacial score (nSPS) is 16.4. The minimum absolute atomic E-state index is 0.158. The van der Waals surface area contributed by atoms with Gasteiger partial charge in [-0.15, -0.1) is 11.3 Å². The maximum atomic E-state index is 6.78. The molecule has 0 aliphatic carbocycles. The Kier molecular flexibility index (Phi) is 6.26. The Balaban J connectivity index is 1.05. The molecule has 0 saturated heterocycles. The molecular weight excluding hydrogens is 647 g/mol. The highest BCUT2D eigenvalue weighted by atomic mass is 32.1. The van der Waals surface area contributed by atoms with Crippen molar-refractivity contribution in [3.8, 4) is 11.1 Å². The zero-order valence-electron chi connectivity index (χ0n) is 27.3. The Labute approximate surface area is 296 Å². The fraction of sp³-hybridized carbons (Fsp3) is 0.0444. The summed E-state index contributed by atoms with van der Waals surface area (Å²) in [6.07, 6.45) is -0.431. The van der Waals surface area contributed by atoms with E-state index in [1.807, 2.05) is 29.5 Å². The first-order chi connectivity index (χ1) is 25.2. The van der Waals surface area contributed by atoms with E-state index >= 15 is 0 Å². The minimum atomic E-state index is -0.273. The summed E-state index contributed by atoms with van der Waals surface area (Å²) in [5.41, 5.74) is 8.68. The molecule has 11 rings (SSSR count). The van der Waals surface area contributed by atoms with Crippen molar-refractivity contribution in [2.24, 2.45) is 4.99 Å². The minimum Gasteiger partial charge on any atom is -0.455 e. The summed E-state index contributed by atoms with van der Waals surface area (Å²) in [5, 5.41) is 14.4. The number of furan rings is 2. The number of nitrogens with one attached hydrogen (secondary N) is 2. The van der Waals surface area contributed by atoms with Crippen LogP contribution in [0.3, 0.4) is 0 Å². The fourth-order valence-electron chi connectivity index (χ4n) is 7.72. The number of hydrogen-bond acceptors (Lipinski definition) is 6. The molecule has 5 nitrogen and oxygen atoms in total. The van der Waals surface area contributed by atoms with Gasteiger partial charge < -0.3 is 14.2 Å². The van der Waals surface area contributed by atoms with Gasteiger partial charge in [0.2, 0.25) is 0 Å². The van der Waals surface area contributed by atoms with Gasteiger partial charge >= 0.3 is 0 Å². The molecule has 1 aliphatic heterocycles. The van der Waals surface area contributed by atoms with E-state index in [0.29, 0.717) is 0 Å². The summed E-state index contributed by atoms with van der Waals surface area (Å²) < 4.78 is 15.7. The molecule has 2 unspecified atom stereocenters. The molecule has 10 aromatic rings. The van der Waals surface area contributed by atoms with Gasteiger partial charge in [0, 0.05) is 47.3 Å². The van der Waals surface area contributed by atoms with Crippen LogP contribution in [0.4, 0.5) is 0 Å². The van der Waals surface area contributed by atoms with Gasteiger partial charge in [0.05, 0.1) is 5.56 Å². The van der Waals surface area contributed by atoms with Gasteiger partial charge in [-0.2, -0.15) is 0 Å². The number of fused-ring (bicyclic) bond motifs is 9. The number of para-hydroxylation sites is 3. The Bertz CT molecular complexity index is 3010. The summed E-state index contributed by atoms with van der Waals surface area (Å²) in [7, 11) is 0. The number of rotatable bonds is 4. The monoisotopic (exact) mass is 675 g/mol. The van der Waals surface area contributed by atoms with Crippen molar-refractivity contribution in [3.63, 3.8) is 0 Å². The van der Waals surface area contributed by atoms with Gasteiger partial charge in [-0.05, 0) is 59.2 Å². The number of amidine groups is 1. The van der Waals surface area contributed by atoms with Crippen LogP contribution in [0.2, 0.25) is 0 Å². The third-order valence-electron chi connectivity index (χ3n) is 10.2. The van der Waals surface area contributed by atoms with E-state index in [0.717, 1.165) is 77.5 Å². The zero-order chi connectivity index (χ0) is 33.5. The highest BCUT2D eigenvalue weighted by molar-refractivity contribution is 7.25. The summed E-state index contributed by atoms with van der Waals surface area (Å²) >= 11 is 1.83. The summed E-state index contributed by atoms with van der Waals surface area (Å²) in [5.74, 6) is 0.791. The Morgan fingerprint density at radius 1 is 0.490 bits per heavy atom. The van der Waals surface area contributed by atoms with Crippen molar-refractivity contribution in [2.45, 2.75) is 12.3 Å². The molecule has 0 bridgehead atoms. The van der Waals surface area contributed by atoms with Crippen LogP contribution in [0.5, 0.6) is 0 Å². The van der Waals surface area contributed by atoms with E-state index in [1.54, 1.807) is 0 Å². The molecule has 6 heteroatoms. The lowest BCUT2D eigenvalue weighted by Gasteiger charge is -2.32. The van der Waals surface area contributed by atoms with Gasteiger partial charge in [0.1, 0.15) is 40.5 Å². The number of nitrogens with zero attached hydrogens (tertiary/aromatic N) is 1. The third-order valence-corrected chi connectivity index (χ3v) is 11.3. The predicted molar refractivity (Wildman–Crippen MR) is 210 cm³/mol. The van der Waals surface area contributed by atoms with Crippen LogP contribution in [0.1, 0.15) is 29.0 Å². The van der Waals surface area contributed by atoms with Crippen LogP contribution in [-0.4, -0.2) is 5.84 Å². The lowest BCUT2D eigenvalue weighted by atomic mass is 10.0. The maximum Gasteiger partial charge on any atom is 0.146 e. The van der Waals surface area contributed by atoms with E-state index in [-0.39, 0.29) is 12.3 Å². The SMILES string of the molecule is c1ccc(C2NC(c3cccc4c3oc3cc(-c5cccc6c5oc5ccccc56)ccc34)=NC(c3ccc4sc5ccccc5c4c3)N2)cc1. The topological polar surface area (TPSA) is 62.7 Å². The first kappa shape index (κ1) is 28.6. The summed E-state index contributed by atoms with van der Waals surface area (Å²) in [4.78, 5) is 5.34. The quantitative estimate of drug-likeness (QED) is 0.195.